The molecule has 0 aromatic heterocycles. The van der Waals surface area contributed by atoms with Crippen LogP contribution in [0.15, 0.2) is 18.2 Å². The summed E-state index contributed by atoms with van der Waals surface area (Å²) in [4.78, 5) is 59.5. The number of nitrogens with one attached hydrogen (secondary N) is 2. The second-order valence-electron chi connectivity index (χ2n) is 7.73. The van der Waals surface area contributed by atoms with Gasteiger partial charge in [0.25, 0.3) is 11.8 Å². The van der Waals surface area contributed by atoms with E-state index < -0.39 is 23.8 Å². The number of hydrogen-bond donors (Lipinski definition) is 2. The van der Waals surface area contributed by atoms with Gasteiger partial charge in [-0.25, -0.2) is 0 Å². The molecule has 2 rings (SSSR count). The summed E-state index contributed by atoms with van der Waals surface area (Å²) < 4.78 is 5.74. The highest BCUT2D eigenvalue weighted by molar-refractivity contribution is 6.21. The average Bonchev–Trinajstić information content (AvgIpc) is 3.09. The van der Waals surface area contributed by atoms with Crippen LogP contribution in [-0.2, 0) is 14.4 Å². The molecule has 1 aliphatic rings. The first-order valence-corrected chi connectivity index (χ1v) is 12.0. The first kappa shape index (κ1) is 28.8. The number of nitrogens with zero attached hydrogens (tertiary/aromatic N) is 1. The van der Waals surface area contributed by atoms with Crippen molar-refractivity contribution >= 4 is 30.0 Å². The highest BCUT2D eigenvalue weighted by Gasteiger charge is 2.38. The van der Waals surface area contributed by atoms with E-state index in [9.17, 15) is 24.0 Å². The molecule has 0 radical (unpaired) electrons. The summed E-state index contributed by atoms with van der Waals surface area (Å²) in [7, 11) is 0. The van der Waals surface area contributed by atoms with E-state index in [0.717, 1.165) is 30.6 Å². The Morgan fingerprint density at radius 3 is 2.38 bits per heavy atom. The molecule has 1 aromatic carbocycles. The molecule has 0 aliphatic carbocycles. The van der Waals surface area contributed by atoms with Gasteiger partial charge in [0.1, 0.15) is 5.75 Å². The Morgan fingerprint density at radius 2 is 1.71 bits per heavy atom. The van der Waals surface area contributed by atoms with E-state index >= 15 is 0 Å². The Hall–Kier alpha value is -3.23. The molecule has 188 valence electrons. The number of ether oxygens (including phenoxy) is 1. The van der Waals surface area contributed by atoms with Crippen LogP contribution in [0, 0.1) is 0 Å². The third-order valence-electron chi connectivity index (χ3n) is 5.32. The summed E-state index contributed by atoms with van der Waals surface area (Å²) in [5.74, 6) is -0.665. The van der Waals surface area contributed by atoms with E-state index in [0.29, 0.717) is 42.9 Å². The molecule has 1 aliphatic heterocycles. The normalized spacial score (nSPS) is 12.9. The molecule has 9 nitrogen and oxygen atoms in total. The van der Waals surface area contributed by atoms with Crippen LogP contribution in [0.5, 0.6) is 5.75 Å². The van der Waals surface area contributed by atoms with Crippen molar-refractivity contribution in [1.82, 2.24) is 15.5 Å². The molecule has 1 aromatic rings. The lowest BCUT2D eigenvalue weighted by Gasteiger charge is -2.22. The minimum absolute atomic E-state index is 0.0344. The third-order valence-corrected chi connectivity index (χ3v) is 5.32. The van der Waals surface area contributed by atoms with E-state index in [-0.39, 0.29) is 18.7 Å². The Balaban J connectivity index is 0.00000281. The quantitative estimate of drug-likeness (QED) is 0.242. The topological polar surface area (TPSA) is 122 Å². The zero-order valence-corrected chi connectivity index (χ0v) is 20.6. The van der Waals surface area contributed by atoms with E-state index in [1.165, 1.54) is 0 Å². The summed E-state index contributed by atoms with van der Waals surface area (Å²) in [5.41, 5.74) is 0.615. The van der Waals surface area contributed by atoms with Crippen molar-refractivity contribution in [3.8, 4) is 5.75 Å². The number of rotatable bonds is 14. The number of benzene rings is 1. The molecule has 34 heavy (non-hydrogen) atoms. The third kappa shape index (κ3) is 8.61. The van der Waals surface area contributed by atoms with Crippen LogP contribution in [-0.4, -0.2) is 54.1 Å². The molecule has 0 saturated heterocycles. The molecule has 0 fully saturated rings. The maximum atomic E-state index is 12.8. The molecule has 1 unspecified atom stereocenters. The predicted molar refractivity (Wildman–Crippen MR) is 128 cm³/mol. The molecule has 0 spiro atoms. The summed E-state index contributed by atoms with van der Waals surface area (Å²) in [5, 5.41) is 4.89. The van der Waals surface area contributed by atoms with Crippen LogP contribution in [0.2, 0.25) is 0 Å². The maximum Gasteiger partial charge on any atom is 0.261 e. The van der Waals surface area contributed by atoms with Crippen molar-refractivity contribution in [2.45, 2.75) is 78.7 Å². The molecular formula is C25H37N3O6. The first-order chi connectivity index (χ1) is 16.4. The lowest BCUT2D eigenvalue weighted by atomic mass is 10.1. The molecule has 2 N–H and O–H groups in total. The number of carbonyl (C=O) groups is 5. The maximum absolute atomic E-state index is 12.8. The van der Waals surface area contributed by atoms with Gasteiger partial charge in [-0.2, -0.15) is 0 Å². The van der Waals surface area contributed by atoms with E-state index in [1.54, 1.807) is 25.1 Å². The van der Waals surface area contributed by atoms with Gasteiger partial charge in [0, 0.05) is 25.4 Å². The van der Waals surface area contributed by atoms with Crippen molar-refractivity contribution in [2.75, 3.05) is 13.2 Å². The van der Waals surface area contributed by atoms with Crippen molar-refractivity contribution in [3.63, 3.8) is 0 Å². The Kier molecular flexibility index (Phi) is 13.2. The number of imide groups is 2. The standard InChI is InChI=1S/C23H31N3O6.C2H6/c1-3-20(28)24-12-6-4-5-7-13-32-17-9-10-18-19(14-17)23(31)26(22(18)30)16(2)8-11-21(29)25-15-27;1-2/h9-10,14-16H,3-8,11-13H2,1-2H3,(H,24,28)(H,25,27,29);1-2H3. The minimum Gasteiger partial charge on any atom is -0.494 e. The van der Waals surface area contributed by atoms with Gasteiger partial charge in [-0.15, -0.1) is 0 Å². The lowest BCUT2D eigenvalue weighted by Crippen LogP contribution is -2.38. The summed E-state index contributed by atoms with van der Waals surface area (Å²) >= 11 is 0. The fraction of sp³-hybridized carbons (Fsp3) is 0.560. The van der Waals surface area contributed by atoms with Gasteiger partial charge in [-0.1, -0.05) is 33.6 Å². The van der Waals surface area contributed by atoms with Crippen LogP contribution in [0.3, 0.4) is 0 Å². The summed E-state index contributed by atoms with van der Waals surface area (Å²) in [6.45, 7) is 8.70. The number of hydrogen-bond acceptors (Lipinski definition) is 6. The fourth-order valence-corrected chi connectivity index (χ4v) is 3.46. The minimum atomic E-state index is -0.480. The Labute approximate surface area is 201 Å². The number of amides is 5. The van der Waals surface area contributed by atoms with E-state index in [2.05, 4.69) is 5.32 Å². The van der Waals surface area contributed by atoms with Gasteiger partial charge < -0.3 is 10.1 Å². The smallest absolute Gasteiger partial charge is 0.261 e. The van der Waals surface area contributed by atoms with E-state index in [4.69, 9.17) is 4.74 Å². The van der Waals surface area contributed by atoms with Crippen LogP contribution in [0.1, 0.15) is 93.4 Å². The molecular weight excluding hydrogens is 438 g/mol. The second-order valence-corrected chi connectivity index (χ2v) is 7.73. The predicted octanol–water partition coefficient (Wildman–Crippen LogP) is 3.22. The average molecular weight is 476 g/mol. The van der Waals surface area contributed by atoms with Crippen LogP contribution in [0.4, 0.5) is 0 Å². The molecule has 1 heterocycles. The molecule has 0 saturated carbocycles. The highest BCUT2D eigenvalue weighted by atomic mass is 16.5. The number of carbonyl (C=O) groups excluding carboxylic acids is 5. The van der Waals surface area contributed by atoms with Crippen LogP contribution in [0.25, 0.3) is 0 Å². The van der Waals surface area contributed by atoms with Crippen molar-refractivity contribution in [1.29, 1.82) is 0 Å². The van der Waals surface area contributed by atoms with E-state index in [1.807, 2.05) is 26.1 Å². The van der Waals surface area contributed by atoms with Gasteiger partial charge in [-0.05, 0) is 44.4 Å². The van der Waals surface area contributed by atoms with Gasteiger partial charge in [0.2, 0.25) is 18.2 Å². The van der Waals surface area contributed by atoms with Gasteiger partial charge in [0.15, 0.2) is 0 Å². The highest BCUT2D eigenvalue weighted by Crippen LogP contribution is 2.29. The van der Waals surface area contributed by atoms with Gasteiger partial charge in [0.05, 0.1) is 17.7 Å². The Morgan fingerprint density at radius 1 is 1.03 bits per heavy atom. The Bertz CT molecular complexity index is 855. The lowest BCUT2D eigenvalue weighted by molar-refractivity contribution is -0.125. The SMILES string of the molecule is CC.CCC(=O)NCCCCCCOc1ccc2c(c1)C(=O)N(C(C)CCC(=O)NC=O)C2=O. The zero-order chi connectivity index (χ0) is 25.5. The fourth-order valence-electron chi connectivity index (χ4n) is 3.46. The van der Waals surface area contributed by atoms with Crippen LogP contribution >= 0.6 is 0 Å². The van der Waals surface area contributed by atoms with Crippen molar-refractivity contribution in [2.24, 2.45) is 0 Å². The number of unbranched alkanes of at least 4 members (excludes halogenated alkanes) is 3. The monoisotopic (exact) mass is 475 g/mol. The van der Waals surface area contributed by atoms with Gasteiger partial charge >= 0.3 is 0 Å². The molecule has 5 amide bonds. The summed E-state index contributed by atoms with van der Waals surface area (Å²) in [6, 6.07) is 4.37. The zero-order valence-electron chi connectivity index (χ0n) is 20.6. The first-order valence-electron chi connectivity index (χ1n) is 12.0. The molecule has 1 atom stereocenters. The molecule has 0 bridgehead atoms. The summed E-state index contributed by atoms with van der Waals surface area (Å²) in [6.07, 6.45) is 4.82. The second kappa shape index (κ2) is 15.6. The largest absolute Gasteiger partial charge is 0.494 e. The van der Waals surface area contributed by atoms with Crippen molar-refractivity contribution < 1.29 is 28.7 Å². The van der Waals surface area contributed by atoms with Gasteiger partial charge in [-0.3, -0.25) is 34.2 Å². The number of fused-ring (bicyclic) bond motifs is 1. The molecule has 9 heteroatoms. The van der Waals surface area contributed by atoms with Crippen molar-refractivity contribution in [3.05, 3.63) is 29.3 Å². The van der Waals surface area contributed by atoms with Crippen LogP contribution < -0.4 is 15.4 Å².